The summed E-state index contributed by atoms with van der Waals surface area (Å²) in [5.41, 5.74) is -0.346. The molecular formula is C16H24Cl2N4O5S. The number of likely N-dealkylation sites (N-methyl/N-ethyl adjacent to an activating group) is 1. The van der Waals surface area contributed by atoms with Gasteiger partial charge in [0, 0.05) is 32.2 Å². The molecule has 0 saturated carbocycles. The number of nitro groups is 1. The zero-order valence-electron chi connectivity index (χ0n) is 15.6. The molecule has 1 unspecified atom stereocenters. The Morgan fingerprint density at radius 3 is 2.68 bits per heavy atom. The van der Waals surface area contributed by atoms with Gasteiger partial charge in [-0.3, -0.25) is 10.1 Å². The number of hydrogen-bond donors (Lipinski definition) is 1. The van der Waals surface area contributed by atoms with Crippen LogP contribution in [0, 0.1) is 10.1 Å². The standard InChI is InChI=1S/C16H23ClN4O5S.ClH/c1-19(2)9-7-18-16(22)20-8-3-4-13(11-20)27(25,26)12-5-6-15(21(23)24)14(17)10-12;/h5-6,10,13H,3-4,7-9,11H2,1-2H3,(H,18,22);1H. The van der Waals surface area contributed by atoms with Crippen molar-refractivity contribution < 1.29 is 18.1 Å². The van der Waals surface area contributed by atoms with E-state index in [4.69, 9.17) is 11.6 Å². The molecule has 2 rings (SSSR count). The molecule has 1 aromatic rings. The van der Waals surface area contributed by atoms with Gasteiger partial charge >= 0.3 is 6.03 Å². The molecule has 0 spiro atoms. The SMILES string of the molecule is CN(C)CCNC(=O)N1CCCC(S(=O)(=O)c2ccc([N+](=O)[O-])c(Cl)c2)C1.Cl. The Hall–Kier alpha value is -1.62. The molecule has 1 aliphatic rings. The van der Waals surface area contributed by atoms with E-state index in [1.807, 2.05) is 19.0 Å². The Morgan fingerprint density at radius 1 is 1.43 bits per heavy atom. The van der Waals surface area contributed by atoms with Crippen molar-refractivity contribution in [2.24, 2.45) is 0 Å². The summed E-state index contributed by atoms with van der Waals surface area (Å²) in [5, 5.41) is 12.6. The van der Waals surface area contributed by atoms with Crippen LogP contribution in [-0.4, -0.2) is 74.7 Å². The van der Waals surface area contributed by atoms with Gasteiger partial charge in [0.2, 0.25) is 0 Å². The molecule has 0 aromatic heterocycles. The summed E-state index contributed by atoms with van der Waals surface area (Å²) >= 11 is 5.85. The smallest absolute Gasteiger partial charge is 0.317 e. The van der Waals surface area contributed by atoms with Crippen LogP contribution >= 0.6 is 24.0 Å². The van der Waals surface area contributed by atoms with Crippen molar-refractivity contribution >= 4 is 45.6 Å². The van der Waals surface area contributed by atoms with Gasteiger partial charge in [0.25, 0.3) is 5.69 Å². The van der Waals surface area contributed by atoms with Gasteiger partial charge in [-0.25, -0.2) is 13.2 Å². The van der Waals surface area contributed by atoms with E-state index in [2.05, 4.69) is 5.32 Å². The van der Waals surface area contributed by atoms with E-state index in [9.17, 15) is 23.3 Å². The number of urea groups is 1. The van der Waals surface area contributed by atoms with Gasteiger partial charge in [-0.05, 0) is 39.1 Å². The number of benzene rings is 1. The second-order valence-corrected chi connectivity index (χ2v) is 9.30. The van der Waals surface area contributed by atoms with Gasteiger partial charge < -0.3 is 15.1 Å². The van der Waals surface area contributed by atoms with Gasteiger partial charge in [-0.1, -0.05) is 11.6 Å². The third-order valence-electron chi connectivity index (χ3n) is 4.38. The quantitative estimate of drug-likeness (QED) is 0.520. The Balaban J connectivity index is 0.00000392. The minimum atomic E-state index is -3.76. The summed E-state index contributed by atoms with van der Waals surface area (Å²) in [7, 11) is 0.0234. The maximum Gasteiger partial charge on any atom is 0.317 e. The van der Waals surface area contributed by atoms with E-state index in [0.29, 0.717) is 32.5 Å². The predicted octanol–water partition coefficient (Wildman–Crippen LogP) is 2.18. The summed E-state index contributed by atoms with van der Waals surface area (Å²) in [4.78, 5) is 25.8. The highest BCUT2D eigenvalue weighted by atomic mass is 35.5. The third-order valence-corrected chi connectivity index (χ3v) is 6.86. The Morgan fingerprint density at radius 2 is 2.11 bits per heavy atom. The molecule has 1 saturated heterocycles. The van der Waals surface area contributed by atoms with Crippen LogP contribution in [0.5, 0.6) is 0 Å². The predicted molar refractivity (Wildman–Crippen MR) is 109 cm³/mol. The average molecular weight is 455 g/mol. The number of nitro benzene ring substituents is 1. The van der Waals surface area contributed by atoms with Crippen LogP contribution < -0.4 is 5.32 Å². The maximum absolute atomic E-state index is 12.9. The Labute approximate surface area is 175 Å². The van der Waals surface area contributed by atoms with Gasteiger partial charge in [0.1, 0.15) is 5.02 Å². The first-order valence-corrected chi connectivity index (χ1v) is 10.4. The van der Waals surface area contributed by atoms with E-state index in [1.165, 1.54) is 11.0 Å². The van der Waals surface area contributed by atoms with Crippen molar-refractivity contribution in [1.82, 2.24) is 15.1 Å². The van der Waals surface area contributed by atoms with Crippen LogP contribution in [0.4, 0.5) is 10.5 Å². The number of carbonyl (C=O) groups is 1. The molecule has 1 fully saturated rings. The lowest BCUT2D eigenvalue weighted by atomic mass is 10.1. The highest BCUT2D eigenvalue weighted by Crippen LogP contribution is 2.30. The minimum absolute atomic E-state index is 0. The fourth-order valence-corrected chi connectivity index (χ4v) is 4.97. The number of piperidine rings is 1. The molecule has 1 aliphatic heterocycles. The molecule has 158 valence electrons. The van der Waals surface area contributed by atoms with E-state index >= 15 is 0 Å². The number of rotatable bonds is 6. The van der Waals surface area contributed by atoms with Gasteiger partial charge in [-0.15, -0.1) is 12.4 Å². The third kappa shape index (κ3) is 5.94. The Kier molecular flexibility index (Phi) is 8.93. The summed E-state index contributed by atoms with van der Waals surface area (Å²) in [6.07, 6.45) is 0.976. The molecule has 9 nitrogen and oxygen atoms in total. The number of hydrogen-bond acceptors (Lipinski definition) is 6. The van der Waals surface area contributed by atoms with Crippen LogP contribution in [0.3, 0.4) is 0 Å². The maximum atomic E-state index is 12.9. The summed E-state index contributed by atoms with van der Waals surface area (Å²) in [5.74, 6) is 0. The first-order chi connectivity index (χ1) is 12.6. The average Bonchev–Trinajstić information content (AvgIpc) is 2.61. The number of sulfone groups is 1. The monoisotopic (exact) mass is 454 g/mol. The van der Waals surface area contributed by atoms with Gasteiger partial charge in [0.05, 0.1) is 15.1 Å². The number of likely N-dealkylation sites (tertiary alicyclic amines) is 1. The van der Waals surface area contributed by atoms with E-state index < -0.39 is 20.0 Å². The van der Waals surface area contributed by atoms with Crippen molar-refractivity contribution in [1.29, 1.82) is 0 Å². The number of halogens is 2. The number of carbonyl (C=O) groups excluding carboxylic acids is 1. The molecule has 28 heavy (non-hydrogen) atoms. The normalized spacial score (nSPS) is 17.1. The van der Waals surface area contributed by atoms with Crippen LogP contribution in [0.15, 0.2) is 23.1 Å². The molecule has 0 bridgehead atoms. The highest BCUT2D eigenvalue weighted by molar-refractivity contribution is 7.92. The van der Waals surface area contributed by atoms with Crippen molar-refractivity contribution in [2.45, 2.75) is 23.0 Å². The van der Waals surface area contributed by atoms with Crippen LogP contribution in [-0.2, 0) is 9.84 Å². The van der Waals surface area contributed by atoms with Crippen molar-refractivity contribution in [3.8, 4) is 0 Å². The molecule has 1 atom stereocenters. The second-order valence-electron chi connectivity index (χ2n) is 6.66. The van der Waals surface area contributed by atoms with Crippen LogP contribution in [0.25, 0.3) is 0 Å². The second kappa shape index (κ2) is 10.2. The molecule has 2 amide bonds. The van der Waals surface area contributed by atoms with Crippen molar-refractivity contribution in [3.63, 3.8) is 0 Å². The molecule has 1 N–H and O–H groups in total. The number of nitrogens with one attached hydrogen (secondary N) is 1. The van der Waals surface area contributed by atoms with Gasteiger partial charge in [0.15, 0.2) is 9.84 Å². The van der Waals surface area contributed by atoms with E-state index in [0.717, 1.165) is 12.1 Å². The van der Waals surface area contributed by atoms with Crippen molar-refractivity contribution in [2.75, 3.05) is 40.3 Å². The van der Waals surface area contributed by atoms with Crippen LogP contribution in [0.2, 0.25) is 5.02 Å². The molecule has 1 heterocycles. The highest BCUT2D eigenvalue weighted by Gasteiger charge is 2.34. The Bertz CT molecular complexity index is 819. The molecule has 0 aliphatic carbocycles. The fourth-order valence-electron chi connectivity index (χ4n) is 2.88. The molecule has 12 heteroatoms. The molecule has 1 aromatic carbocycles. The van der Waals surface area contributed by atoms with Crippen LogP contribution in [0.1, 0.15) is 12.8 Å². The lowest BCUT2D eigenvalue weighted by Crippen LogP contribution is -2.49. The first-order valence-electron chi connectivity index (χ1n) is 8.48. The number of amides is 2. The minimum Gasteiger partial charge on any atom is -0.337 e. The van der Waals surface area contributed by atoms with E-state index in [1.54, 1.807) is 0 Å². The van der Waals surface area contributed by atoms with Gasteiger partial charge in [-0.2, -0.15) is 0 Å². The van der Waals surface area contributed by atoms with E-state index in [-0.39, 0.29) is 40.6 Å². The van der Waals surface area contributed by atoms with Crippen molar-refractivity contribution in [3.05, 3.63) is 33.3 Å². The molecule has 0 radical (unpaired) electrons. The largest absolute Gasteiger partial charge is 0.337 e. The fraction of sp³-hybridized carbons (Fsp3) is 0.562. The topological polar surface area (TPSA) is 113 Å². The molecular weight excluding hydrogens is 431 g/mol. The summed E-state index contributed by atoms with van der Waals surface area (Å²) in [6, 6.07) is 3.09. The first kappa shape index (κ1) is 24.4. The zero-order valence-corrected chi connectivity index (χ0v) is 18.0. The summed E-state index contributed by atoms with van der Waals surface area (Å²) in [6.45, 7) is 1.71. The lowest BCUT2D eigenvalue weighted by molar-refractivity contribution is -0.384. The zero-order chi connectivity index (χ0) is 20.2. The number of nitrogens with zero attached hydrogens (tertiary/aromatic N) is 3. The lowest BCUT2D eigenvalue weighted by Gasteiger charge is -2.32. The summed E-state index contributed by atoms with van der Waals surface area (Å²) < 4.78 is 25.8.